The minimum atomic E-state index is -3.01. The molecule has 3 aliphatic heterocycles. The third-order valence-corrected chi connectivity index (χ3v) is 7.53. The molecule has 0 spiro atoms. The predicted octanol–water partition coefficient (Wildman–Crippen LogP) is -8.26. The van der Waals surface area contributed by atoms with E-state index in [0.29, 0.717) is 0 Å². The number of aliphatic hydroxyl groups excluding tert-OH is 10. The van der Waals surface area contributed by atoms with Crippen molar-refractivity contribution in [2.45, 2.75) is 111 Å². The van der Waals surface area contributed by atoms with Crippen LogP contribution in [0.5, 0.6) is 0 Å². The Morgan fingerprint density at radius 3 is 2.12 bits per heavy atom. The minimum Gasteiger partial charge on any atom is -0.477 e. The van der Waals surface area contributed by atoms with Crippen molar-refractivity contribution >= 4 is 11.9 Å². The number of ether oxygens (including phenoxy) is 5. The van der Waals surface area contributed by atoms with Crippen molar-refractivity contribution in [3.05, 3.63) is 0 Å². The molecule has 0 aromatic rings. The monoisotopic (exact) mass is 632 g/mol. The molecule has 0 saturated carbocycles. The zero-order valence-electron chi connectivity index (χ0n) is 22.8. The normalized spacial score (nSPS) is 45.3. The van der Waals surface area contributed by atoms with Crippen molar-refractivity contribution in [2.24, 2.45) is 5.73 Å². The molecule has 3 heterocycles. The molecule has 3 fully saturated rings. The molecule has 9 unspecified atom stereocenters. The second-order valence-electron chi connectivity index (χ2n) is 10.6. The molecule has 14 N–H and O–H groups in total. The molecule has 1 amide bonds. The summed E-state index contributed by atoms with van der Waals surface area (Å²) in [6, 6.07) is -1.53. The first-order valence-electron chi connectivity index (χ1n) is 13.3. The summed E-state index contributed by atoms with van der Waals surface area (Å²) in [6.07, 6.45) is -26.6. The number of aliphatic hydroxyl groups is 10. The highest BCUT2D eigenvalue weighted by Crippen LogP contribution is 2.38. The second-order valence-corrected chi connectivity index (χ2v) is 10.6. The van der Waals surface area contributed by atoms with Gasteiger partial charge in [0.05, 0.1) is 32.0 Å². The van der Waals surface area contributed by atoms with Crippen LogP contribution in [-0.4, -0.2) is 185 Å². The van der Waals surface area contributed by atoms with Gasteiger partial charge in [-0.15, -0.1) is 0 Å². The Labute approximate surface area is 243 Å². The average molecular weight is 633 g/mol. The zero-order valence-corrected chi connectivity index (χ0v) is 22.8. The van der Waals surface area contributed by atoms with Gasteiger partial charge in [-0.1, -0.05) is 0 Å². The number of nitrogens with one attached hydrogen (secondary N) is 1. The second kappa shape index (κ2) is 14.6. The van der Waals surface area contributed by atoms with E-state index in [1.165, 1.54) is 0 Å². The number of hydrogen-bond acceptors (Lipinski definition) is 18. The number of carbonyl (C=O) groups is 2. The van der Waals surface area contributed by atoms with Crippen LogP contribution < -0.4 is 11.1 Å². The summed E-state index contributed by atoms with van der Waals surface area (Å²) in [4.78, 5) is 24.3. The van der Waals surface area contributed by atoms with Crippen LogP contribution in [0, 0.1) is 0 Å². The third kappa shape index (κ3) is 7.41. The van der Waals surface area contributed by atoms with Gasteiger partial charge in [-0.25, -0.2) is 4.79 Å². The third-order valence-electron chi connectivity index (χ3n) is 7.53. The lowest BCUT2D eigenvalue weighted by atomic mass is 9.88. The number of amides is 1. The zero-order chi connectivity index (χ0) is 32.4. The van der Waals surface area contributed by atoms with Crippen molar-refractivity contribution in [3.8, 4) is 0 Å². The summed E-state index contributed by atoms with van der Waals surface area (Å²) >= 11 is 0. The average Bonchev–Trinajstić information content (AvgIpc) is 2.96. The van der Waals surface area contributed by atoms with E-state index in [1.807, 2.05) is 0 Å². The molecule has 3 aliphatic rings. The van der Waals surface area contributed by atoms with Gasteiger partial charge in [0.15, 0.2) is 6.29 Å². The van der Waals surface area contributed by atoms with E-state index in [4.69, 9.17) is 29.4 Å². The summed E-state index contributed by atoms with van der Waals surface area (Å²) in [6.45, 7) is -1.73. The van der Waals surface area contributed by atoms with E-state index in [-0.39, 0.29) is 0 Å². The summed E-state index contributed by atoms with van der Waals surface area (Å²) in [5, 5.41) is 115. The first-order valence-corrected chi connectivity index (χ1v) is 13.3. The Balaban J connectivity index is 1.94. The maximum absolute atomic E-state index is 12.6. The van der Waals surface area contributed by atoms with E-state index in [1.54, 1.807) is 0 Å². The molecule has 20 nitrogen and oxygen atoms in total. The van der Waals surface area contributed by atoms with Crippen LogP contribution in [0.25, 0.3) is 0 Å². The molecular formula is C23H40N2O18. The highest BCUT2D eigenvalue weighted by atomic mass is 16.8. The molecule has 250 valence electrons. The Morgan fingerprint density at radius 2 is 1.58 bits per heavy atom. The summed E-state index contributed by atoms with van der Waals surface area (Å²) in [5.74, 6) is -5.70. The van der Waals surface area contributed by atoms with Crippen LogP contribution >= 0.6 is 0 Å². The SMILES string of the molecule is CC(=O)NC1C(O)CC(OC2C(O)[C@@H](O[C@H]3C(CO)O[C@H](N)C(O)C3O)OC(CO)[C@H]2O)(C(=O)O)O[C@@H]1[C@@H](O)[C@@H](O)CO. The maximum Gasteiger partial charge on any atom is 0.364 e. The molecule has 0 aromatic carbocycles. The van der Waals surface area contributed by atoms with E-state index in [2.05, 4.69) is 5.32 Å². The Bertz CT molecular complexity index is 946. The molecule has 3 rings (SSSR count). The number of aliphatic carboxylic acids is 1. The van der Waals surface area contributed by atoms with Crippen LogP contribution in [0.1, 0.15) is 13.3 Å². The van der Waals surface area contributed by atoms with Crippen molar-refractivity contribution in [2.75, 3.05) is 19.8 Å². The lowest BCUT2D eigenvalue weighted by Gasteiger charge is -2.50. The first kappa shape index (κ1) is 35.8. The Morgan fingerprint density at radius 1 is 0.953 bits per heavy atom. The maximum atomic E-state index is 12.6. The number of rotatable bonds is 11. The van der Waals surface area contributed by atoms with Gasteiger partial charge in [0.2, 0.25) is 5.91 Å². The van der Waals surface area contributed by atoms with Gasteiger partial charge < -0.3 is 90.9 Å². The van der Waals surface area contributed by atoms with Gasteiger partial charge in [0.25, 0.3) is 5.79 Å². The minimum absolute atomic E-state index is 0.741. The van der Waals surface area contributed by atoms with Gasteiger partial charge in [0, 0.05) is 13.3 Å². The smallest absolute Gasteiger partial charge is 0.364 e. The Kier molecular flexibility index (Phi) is 12.1. The summed E-state index contributed by atoms with van der Waals surface area (Å²) in [7, 11) is 0. The van der Waals surface area contributed by atoms with E-state index in [9.17, 15) is 65.8 Å². The number of nitrogens with two attached hydrogens (primary N) is 1. The molecule has 0 bridgehead atoms. The highest BCUT2D eigenvalue weighted by molar-refractivity contribution is 5.76. The Hall–Kier alpha value is -1.70. The van der Waals surface area contributed by atoms with Crippen LogP contribution in [0.3, 0.4) is 0 Å². The molecule has 0 aromatic heterocycles. The van der Waals surface area contributed by atoms with Crippen molar-refractivity contribution in [1.82, 2.24) is 5.32 Å². The lowest BCUT2D eigenvalue weighted by Crippen LogP contribution is -2.71. The highest BCUT2D eigenvalue weighted by Gasteiger charge is 2.60. The fourth-order valence-electron chi connectivity index (χ4n) is 5.21. The molecule has 43 heavy (non-hydrogen) atoms. The standard InChI is InChI=1S/C23H40N2O18/c1-6(29)25-11-7(30)2-23(22(37)38,42-18(11)12(32)8(31)3-26)43-19-13(33)9(4-27)40-21(16(19)36)41-17-10(5-28)39-20(24)15(35)14(17)34/h7-21,26-28,30-36H,2-5,24H2,1H3,(H,25,29)(H,37,38)/t7?,8-,9?,10?,11?,12-,13+,14?,15?,16?,17-,18-,19?,20-,21+,23?/m0/s1. The largest absolute Gasteiger partial charge is 0.477 e. The van der Waals surface area contributed by atoms with Crippen molar-refractivity contribution in [3.63, 3.8) is 0 Å². The quantitative estimate of drug-likeness (QED) is 0.100. The van der Waals surface area contributed by atoms with Crippen molar-refractivity contribution < 1.29 is 89.4 Å². The number of carboxylic acid groups (broad SMARTS) is 1. The molecule has 16 atom stereocenters. The molecule has 3 saturated heterocycles. The lowest BCUT2D eigenvalue weighted by molar-refractivity contribution is -0.381. The van der Waals surface area contributed by atoms with Gasteiger partial charge in [0.1, 0.15) is 73.4 Å². The van der Waals surface area contributed by atoms with Crippen LogP contribution in [0.2, 0.25) is 0 Å². The van der Waals surface area contributed by atoms with Crippen LogP contribution in [0.4, 0.5) is 0 Å². The predicted molar refractivity (Wildman–Crippen MR) is 132 cm³/mol. The number of carboxylic acids is 1. The van der Waals surface area contributed by atoms with Crippen LogP contribution in [-0.2, 0) is 33.3 Å². The number of hydrogen-bond donors (Lipinski definition) is 13. The first-order chi connectivity index (χ1) is 20.1. The van der Waals surface area contributed by atoms with Gasteiger partial charge >= 0.3 is 5.97 Å². The summed E-state index contributed by atoms with van der Waals surface area (Å²) in [5.41, 5.74) is 5.57. The van der Waals surface area contributed by atoms with Gasteiger partial charge in [-0.05, 0) is 0 Å². The fraction of sp³-hybridized carbons (Fsp3) is 0.913. The topological polar surface area (TPSA) is 341 Å². The molecule has 20 heteroatoms. The molecular weight excluding hydrogens is 592 g/mol. The van der Waals surface area contributed by atoms with Gasteiger partial charge in [-0.3, -0.25) is 4.79 Å². The van der Waals surface area contributed by atoms with E-state index >= 15 is 0 Å². The van der Waals surface area contributed by atoms with Crippen LogP contribution in [0.15, 0.2) is 0 Å². The van der Waals surface area contributed by atoms with Gasteiger partial charge in [-0.2, -0.15) is 0 Å². The van der Waals surface area contributed by atoms with E-state index < -0.39 is 136 Å². The van der Waals surface area contributed by atoms with Crippen molar-refractivity contribution in [1.29, 1.82) is 0 Å². The van der Waals surface area contributed by atoms with E-state index in [0.717, 1.165) is 6.92 Å². The number of carbonyl (C=O) groups excluding carboxylic acids is 1. The molecule has 0 radical (unpaired) electrons. The fourth-order valence-corrected chi connectivity index (χ4v) is 5.21. The molecule has 0 aliphatic carbocycles. The summed E-state index contributed by atoms with van der Waals surface area (Å²) < 4.78 is 27.2.